The first kappa shape index (κ1) is 17.8. The van der Waals surface area contributed by atoms with Gasteiger partial charge in [0.25, 0.3) is 0 Å². The third kappa shape index (κ3) is 3.48. The number of hydrogen-bond acceptors (Lipinski definition) is 3. The number of halogens is 1. The van der Waals surface area contributed by atoms with Gasteiger partial charge >= 0.3 is 0 Å². The van der Waals surface area contributed by atoms with Gasteiger partial charge in [-0.1, -0.05) is 18.0 Å². The van der Waals surface area contributed by atoms with Crippen molar-refractivity contribution in [1.29, 1.82) is 0 Å². The summed E-state index contributed by atoms with van der Waals surface area (Å²) in [5.74, 6) is 1.11. The van der Waals surface area contributed by atoms with E-state index < -0.39 is 0 Å². The number of nitrogens with zero attached hydrogens (tertiary/aromatic N) is 4. The molecular weight excluding hydrogens is 352 g/mol. The number of carbonyl (C=O) groups excluding carboxylic acids is 2. The topological polar surface area (TPSA) is 58.4 Å². The molecule has 6 nitrogen and oxygen atoms in total. The molecule has 142 valence electrons. The van der Waals surface area contributed by atoms with Crippen LogP contribution in [0.25, 0.3) is 0 Å². The molecular formula is C19H27ClN4O2. The van der Waals surface area contributed by atoms with Crippen LogP contribution in [0.15, 0.2) is 12.4 Å². The van der Waals surface area contributed by atoms with Crippen LogP contribution < -0.4 is 0 Å². The second-order valence-corrected chi connectivity index (χ2v) is 8.61. The summed E-state index contributed by atoms with van der Waals surface area (Å²) in [4.78, 5) is 29.7. The monoisotopic (exact) mass is 378 g/mol. The number of piperidine rings is 1. The molecule has 4 rings (SSSR count). The Labute approximate surface area is 159 Å². The van der Waals surface area contributed by atoms with E-state index in [-0.39, 0.29) is 11.3 Å². The van der Waals surface area contributed by atoms with E-state index in [1.807, 2.05) is 4.90 Å². The van der Waals surface area contributed by atoms with Crippen LogP contribution in [0.5, 0.6) is 0 Å². The van der Waals surface area contributed by atoms with E-state index in [1.54, 1.807) is 17.1 Å². The van der Waals surface area contributed by atoms with Crippen molar-refractivity contribution in [2.45, 2.75) is 51.5 Å². The van der Waals surface area contributed by atoms with Crippen molar-refractivity contribution in [3.8, 4) is 0 Å². The normalized spacial score (nSPS) is 26.6. The van der Waals surface area contributed by atoms with Gasteiger partial charge in [0.15, 0.2) is 0 Å². The standard InChI is InChI=1S/C19H27ClN4O2/c20-16-11-21-24(13-16)9-5-17(25)23-10-7-19(14-23)6-2-8-22(18(19)26)12-15-3-1-4-15/h11,13,15H,1-10,12,14H2/t19-/m0/s1. The Morgan fingerprint density at radius 3 is 2.81 bits per heavy atom. The van der Waals surface area contributed by atoms with E-state index in [4.69, 9.17) is 11.6 Å². The van der Waals surface area contributed by atoms with Gasteiger partial charge in [-0.15, -0.1) is 0 Å². The average Bonchev–Trinajstić information content (AvgIpc) is 3.20. The maximum Gasteiger partial charge on any atom is 0.230 e. The Morgan fingerprint density at radius 1 is 1.27 bits per heavy atom. The largest absolute Gasteiger partial charge is 0.342 e. The zero-order valence-electron chi connectivity index (χ0n) is 15.2. The lowest BCUT2D eigenvalue weighted by Crippen LogP contribution is -2.52. The fraction of sp³-hybridized carbons (Fsp3) is 0.737. The average molecular weight is 379 g/mol. The molecule has 2 aliphatic heterocycles. The van der Waals surface area contributed by atoms with Crippen LogP contribution in [0.1, 0.15) is 44.9 Å². The Morgan fingerprint density at radius 2 is 2.12 bits per heavy atom. The number of amides is 2. The second kappa shape index (κ2) is 7.22. The van der Waals surface area contributed by atoms with E-state index in [0.29, 0.717) is 42.9 Å². The Hall–Kier alpha value is -1.56. The van der Waals surface area contributed by atoms with E-state index in [0.717, 1.165) is 32.4 Å². The zero-order chi connectivity index (χ0) is 18.1. The molecule has 26 heavy (non-hydrogen) atoms. The number of rotatable bonds is 5. The fourth-order valence-corrected chi connectivity index (χ4v) is 4.76. The fourth-order valence-electron chi connectivity index (χ4n) is 4.61. The minimum absolute atomic E-state index is 0.109. The minimum atomic E-state index is -0.327. The third-order valence-electron chi connectivity index (χ3n) is 6.39. The SMILES string of the molecule is O=C(CCn1cc(Cl)cn1)N1CC[C@@]2(CCCN(CC3CCC3)C2=O)C1. The lowest BCUT2D eigenvalue weighted by atomic mass is 9.77. The highest BCUT2D eigenvalue weighted by molar-refractivity contribution is 6.30. The van der Waals surface area contributed by atoms with Gasteiger partial charge in [-0.25, -0.2) is 0 Å². The summed E-state index contributed by atoms with van der Waals surface area (Å²) >= 11 is 5.86. The van der Waals surface area contributed by atoms with E-state index >= 15 is 0 Å². The van der Waals surface area contributed by atoms with Crippen LogP contribution in [-0.2, 0) is 16.1 Å². The van der Waals surface area contributed by atoms with Gasteiger partial charge in [-0.2, -0.15) is 5.10 Å². The predicted octanol–water partition coefficient (Wildman–Crippen LogP) is 2.57. The summed E-state index contributed by atoms with van der Waals surface area (Å²) < 4.78 is 1.69. The maximum atomic E-state index is 13.1. The molecule has 0 bridgehead atoms. The molecule has 1 aromatic heterocycles. The van der Waals surface area contributed by atoms with Crippen LogP contribution in [0.3, 0.4) is 0 Å². The van der Waals surface area contributed by atoms with Crippen LogP contribution in [-0.4, -0.2) is 57.6 Å². The molecule has 3 fully saturated rings. The molecule has 1 saturated carbocycles. The summed E-state index contributed by atoms with van der Waals surface area (Å²) in [6.07, 6.45) is 10.3. The number of likely N-dealkylation sites (tertiary alicyclic amines) is 2. The highest BCUT2D eigenvalue weighted by Crippen LogP contribution is 2.41. The molecule has 0 N–H and O–H groups in total. The Balaban J connectivity index is 1.33. The molecule has 2 amide bonds. The summed E-state index contributed by atoms with van der Waals surface area (Å²) in [6, 6.07) is 0. The summed E-state index contributed by atoms with van der Waals surface area (Å²) in [5.41, 5.74) is -0.327. The highest BCUT2D eigenvalue weighted by Gasteiger charge is 2.49. The Bertz CT molecular complexity index is 687. The predicted molar refractivity (Wildman–Crippen MR) is 98.6 cm³/mol. The first-order valence-electron chi connectivity index (χ1n) is 9.81. The van der Waals surface area contributed by atoms with Gasteiger partial charge in [0.05, 0.1) is 16.6 Å². The van der Waals surface area contributed by atoms with Crippen molar-refractivity contribution in [3.05, 3.63) is 17.4 Å². The quantitative estimate of drug-likeness (QED) is 0.791. The van der Waals surface area contributed by atoms with Crippen molar-refractivity contribution in [1.82, 2.24) is 19.6 Å². The zero-order valence-corrected chi connectivity index (χ0v) is 16.0. The summed E-state index contributed by atoms with van der Waals surface area (Å²) in [6.45, 7) is 3.63. The molecule has 3 aliphatic rings. The lowest BCUT2D eigenvalue weighted by molar-refractivity contribution is -0.147. The summed E-state index contributed by atoms with van der Waals surface area (Å²) in [7, 11) is 0. The molecule has 0 radical (unpaired) electrons. The number of aryl methyl sites for hydroxylation is 1. The van der Waals surface area contributed by atoms with E-state index in [9.17, 15) is 9.59 Å². The number of hydrogen-bond donors (Lipinski definition) is 0. The van der Waals surface area contributed by atoms with Gasteiger partial charge in [-0.05, 0) is 38.0 Å². The molecule has 2 saturated heterocycles. The summed E-state index contributed by atoms with van der Waals surface area (Å²) in [5, 5.41) is 4.69. The highest BCUT2D eigenvalue weighted by atomic mass is 35.5. The smallest absolute Gasteiger partial charge is 0.230 e. The van der Waals surface area contributed by atoms with Crippen LogP contribution >= 0.6 is 11.6 Å². The van der Waals surface area contributed by atoms with Crippen LogP contribution in [0.4, 0.5) is 0 Å². The molecule has 1 aliphatic carbocycles. The molecule has 7 heteroatoms. The first-order valence-corrected chi connectivity index (χ1v) is 10.2. The molecule has 1 spiro atoms. The maximum absolute atomic E-state index is 13.1. The van der Waals surface area contributed by atoms with Gasteiger partial charge in [0, 0.05) is 45.3 Å². The first-order chi connectivity index (χ1) is 12.6. The number of aromatic nitrogens is 2. The van der Waals surface area contributed by atoms with E-state index in [1.165, 1.54) is 19.3 Å². The minimum Gasteiger partial charge on any atom is -0.342 e. The number of carbonyl (C=O) groups is 2. The van der Waals surface area contributed by atoms with Gasteiger partial charge in [-0.3, -0.25) is 14.3 Å². The molecule has 1 atom stereocenters. The van der Waals surface area contributed by atoms with Gasteiger partial charge in [0.2, 0.25) is 11.8 Å². The van der Waals surface area contributed by atoms with E-state index in [2.05, 4.69) is 10.00 Å². The van der Waals surface area contributed by atoms with Crippen molar-refractivity contribution >= 4 is 23.4 Å². The van der Waals surface area contributed by atoms with Crippen molar-refractivity contribution in [2.24, 2.45) is 11.3 Å². The third-order valence-corrected chi connectivity index (χ3v) is 6.59. The van der Waals surface area contributed by atoms with Crippen molar-refractivity contribution < 1.29 is 9.59 Å². The van der Waals surface area contributed by atoms with Gasteiger partial charge < -0.3 is 9.80 Å². The van der Waals surface area contributed by atoms with Gasteiger partial charge in [0.1, 0.15) is 0 Å². The van der Waals surface area contributed by atoms with Crippen molar-refractivity contribution in [2.75, 3.05) is 26.2 Å². The Kier molecular flexibility index (Phi) is 4.95. The molecule has 3 heterocycles. The van der Waals surface area contributed by atoms with Crippen LogP contribution in [0.2, 0.25) is 5.02 Å². The van der Waals surface area contributed by atoms with Crippen LogP contribution in [0, 0.1) is 11.3 Å². The molecule has 0 aromatic carbocycles. The second-order valence-electron chi connectivity index (χ2n) is 8.17. The lowest BCUT2D eigenvalue weighted by Gasteiger charge is -2.42. The molecule has 0 unspecified atom stereocenters. The van der Waals surface area contributed by atoms with Crippen molar-refractivity contribution in [3.63, 3.8) is 0 Å². The molecule has 1 aromatic rings.